The number of benzene rings is 1. The lowest BCUT2D eigenvalue weighted by Crippen LogP contribution is -2.46. The number of rotatable bonds is 3. The van der Waals surface area contributed by atoms with Crippen molar-refractivity contribution in [2.75, 3.05) is 43.4 Å². The Morgan fingerprint density at radius 2 is 1.68 bits per heavy atom. The molecule has 2 saturated heterocycles. The standard InChI is InChI=1S/C21H27N7/c1-27-10-6-21(7-11-27)8-12-28(13-9-21)18-4-2-17(3-5-18)24-20-22-14-16-15-23-26-19(16)25-20/h2-5,14-15H,6-13H2,1H3,(H2,22,23,24,25,26). The predicted molar refractivity (Wildman–Crippen MR) is 112 cm³/mol. The molecular formula is C21H27N7. The second-order valence-corrected chi connectivity index (χ2v) is 8.33. The Labute approximate surface area is 165 Å². The van der Waals surface area contributed by atoms with Crippen LogP contribution in [0.1, 0.15) is 25.7 Å². The van der Waals surface area contributed by atoms with Gasteiger partial charge in [-0.25, -0.2) is 4.98 Å². The fraction of sp³-hybridized carbons (Fsp3) is 0.476. The average molecular weight is 377 g/mol. The maximum Gasteiger partial charge on any atom is 0.229 e. The Bertz CT molecular complexity index is 931. The number of likely N-dealkylation sites (tertiary alicyclic amines) is 1. The first kappa shape index (κ1) is 17.4. The molecule has 146 valence electrons. The minimum Gasteiger partial charge on any atom is -0.371 e. The predicted octanol–water partition coefficient (Wildman–Crippen LogP) is 3.41. The van der Waals surface area contributed by atoms with E-state index < -0.39 is 0 Å². The highest BCUT2D eigenvalue weighted by Crippen LogP contribution is 2.41. The van der Waals surface area contributed by atoms with Crippen LogP contribution in [0.2, 0.25) is 0 Å². The Balaban J connectivity index is 1.22. The molecule has 0 bridgehead atoms. The molecule has 3 aromatic rings. The number of hydrogen-bond acceptors (Lipinski definition) is 6. The Kier molecular flexibility index (Phi) is 4.39. The molecule has 0 atom stereocenters. The lowest BCUT2D eigenvalue weighted by atomic mass is 9.71. The zero-order valence-corrected chi connectivity index (χ0v) is 16.4. The van der Waals surface area contributed by atoms with E-state index in [-0.39, 0.29) is 0 Å². The van der Waals surface area contributed by atoms with Gasteiger partial charge >= 0.3 is 0 Å². The molecule has 2 aliphatic rings. The lowest BCUT2D eigenvalue weighted by Gasteiger charge is -2.46. The highest BCUT2D eigenvalue weighted by Gasteiger charge is 2.36. The molecule has 2 aromatic heterocycles. The number of aromatic amines is 1. The van der Waals surface area contributed by atoms with E-state index in [1.807, 2.05) is 0 Å². The maximum absolute atomic E-state index is 4.44. The van der Waals surface area contributed by atoms with E-state index in [1.54, 1.807) is 12.4 Å². The van der Waals surface area contributed by atoms with Crippen molar-refractivity contribution in [1.29, 1.82) is 0 Å². The van der Waals surface area contributed by atoms with Gasteiger partial charge in [-0.3, -0.25) is 5.10 Å². The molecule has 7 nitrogen and oxygen atoms in total. The molecule has 0 radical (unpaired) electrons. The van der Waals surface area contributed by atoms with Crippen LogP contribution in [-0.4, -0.2) is 58.3 Å². The third-order valence-electron chi connectivity index (χ3n) is 6.55. The molecule has 1 aromatic carbocycles. The largest absolute Gasteiger partial charge is 0.371 e. The molecule has 2 N–H and O–H groups in total. The molecule has 5 rings (SSSR count). The molecule has 4 heterocycles. The van der Waals surface area contributed by atoms with Gasteiger partial charge in [0.25, 0.3) is 0 Å². The first-order chi connectivity index (χ1) is 13.7. The summed E-state index contributed by atoms with van der Waals surface area (Å²) in [4.78, 5) is 13.8. The minimum absolute atomic E-state index is 0.576. The van der Waals surface area contributed by atoms with Crippen LogP contribution in [0.5, 0.6) is 0 Å². The lowest BCUT2D eigenvalue weighted by molar-refractivity contribution is 0.0945. The maximum atomic E-state index is 4.44. The average Bonchev–Trinajstić information content (AvgIpc) is 3.20. The van der Waals surface area contributed by atoms with Crippen molar-refractivity contribution < 1.29 is 0 Å². The van der Waals surface area contributed by atoms with Crippen LogP contribution in [0.3, 0.4) is 0 Å². The van der Waals surface area contributed by atoms with Gasteiger partial charge < -0.3 is 15.1 Å². The smallest absolute Gasteiger partial charge is 0.229 e. The topological polar surface area (TPSA) is 73.0 Å². The van der Waals surface area contributed by atoms with Crippen molar-refractivity contribution >= 4 is 28.4 Å². The molecule has 0 aliphatic carbocycles. The molecule has 0 saturated carbocycles. The van der Waals surface area contributed by atoms with Crippen molar-refractivity contribution in [2.24, 2.45) is 5.41 Å². The van der Waals surface area contributed by atoms with E-state index in [4.69, 9.17) is 0 Å². The summed E-state index contributed by atoms with van der Waals surface area (Å²) >= 11 is 0. The van der Waals surface area contributed by atoms with E-state index >= 15 is 0 Å². The normalized spacial score (nSPS) is 20.0. The number of anilines is 3. The zero-order valence-electron chi connectivity index (χ0n) is 16.4. The second-order valence-electron chi connectivity index (χ2n) is 8.33. The molecule has 0 unspecified atom stereocenters. The monoisotopic (exact) mass is 377 g/mol. The Morgan fingerprint density at radius 3 is 2.43 bits per heavy atom. The van der Waals surface area contributed by atoms with Gasteiger partial charge in [-0.1, -0.05) is 0 Å². The number of nitrogens with one attached hydrogen (secondary N) is 2. The van der Waals surface area contributed by atoms with Crippen molar-refractivity contribution in [3.8, 4) is 0 Å². The van der Waals surface area contributed by atoms with Crippen LogP contribution in [0.15, 0.2) is 36.7 Å². The van der Waals surface area contributed by atoms with Gasteiger partial charge in [0.05, 0.1) is 11.6 Å². The number of nitrogens with zero attached hydrogens (tertiary/aromatic N) is 5. The third kappa shape index (κ3) is 3.42. The van der Waals surface area contributed by atoms with Crippen molar-refractivity contribution in [3.63, 3.8) is 0 Å². The molecule has 0 amide bonds. The summed E-state index contributed by atoms with van der Waals surface area (Å²) in [6.45, 7) is 4.84. The van der Waals surface area contributed by atoms with E-state index in [0.717, 1.165) is 29.8 Å². The highest BCUT2D eigenvalue weighted by atomic mass is 15.2. The quantitative estimate of drug-likeness (QED) is 0.729. The van der Waals surface area contributed by atoms with E-state index in [1.165, 1.54) is 44.5 Å². The fourth-order valence-corrected chi connectivity index (χ4v) is 4.52. The van der Waals surface area contributed by atoms with Crippen LogP contribution in [0, 0.1) is 5.41 Å². The summed E-state index contributed by atoms with van der Waals surface area (Å²) in [5, 5.41) is 11.0. The van der Waals surface area contributed by atoms with Gasteiger partial charge in [0.1, 0.15) is 0 Å². The van der Waals surface area contributed by atoms with Crippen LogP contribution < -0.4 is 10.2 Å². The third-order valence-corrected chi connectivity index (χ3v) is 6.55. The number of hydrogen-bond donors (Lipinski definition) is 2. The summed E-state index contributed by atoms with van der Waals surface area (Å²) in [7, 11) is 2.25. The molecule has 2 aliphatic heterocycles. The fourth-order valence-electron chi connectivity index (χ4n) is 4.52. The second kappa shape index (κ2) is 7.05. The SMILES string of the molecule is CN1CCC2(CC1)CCN(c1ccc(Nc3ncc4cn[nH]c4n3)cc1)CC2. The van der Waals surface area contributed by atoms with E-state index in [2.05, 4.69) is 66.6 Å². The van der Waals surface area contributed by atoms with Crippen molar-refractivity contribution in [1.82, 2.24) is 25.1 Å². The number of aromatic nitrogens is 4. The molecule has 1 spiro atoms. The molecular weight excluding hydrogens is 350 g/mol. The summed E-state index contributed by atoms with van der Waals surface area (Å²) in [5.41, 5.74) is 3.63. The number of piperidine rings is 2. The summed E-state index contributed by atoms with van der Waals surface area (Å²) in [6, 6.07) is 8.61. The minimum atomic E-state index is 0.576. The van der Waals surface area contributed by atoms with Crippen molar-refractivity contribution in [3.05, 3.63) is 36.7 Å². The van der Waals surface area contributed by atoms with Gasteiger partial charge in [0.2, 0.25) is 5.95 Å². The van der Waals surface area contributed by atoms with Crippen LogP contribution >= 0.6 is 0 Å². The molecule has 2 fully saturated rings. The first-order valence-corrected chi connectivity index (χ1v) is 10.2. The molecule has 28 heavy (non-hydrogen) atoms. The first-order valence-electron chi connectivity index (χ1n) is 10.2. The number of fused-ring (bicyclic) bond motifs is 1. The van der Waals surface area contributed by atoms with E-state index in [9.17, 15) is 0 Å². The zero-order chi connectivity index (χ0) is 19.0. The van der Waals surface area contributed by atoms with Gasteiger partial charge in [0.15, 0.2) is 5.65 Å². The van der Waals surface area contributed by atoms with Gasteiger partial charge in [-0.2, -0.15) is 10.1 Å². The van der Waals surface area contributed by atoms with Crippen LogP contribution in [-0.2, 0) is 0 Å². The Hall–Kier alpha value is -2.67. The Morgan fingerprint density at radius 1 is 0.964 bits per heavy atom. The van der Waals surface area contributed by atoms with Gasteiger partial charge in [-0.05, 0) is 75.5 Å². The summed E-state index contributed by atoms with van der Waals surface area (Å²) in [6.07, 6.45) is 8.86. The van der Waals surface area contributed by atoms with Crippen LogP contribution in [0.4, 0.5) is 17.3 Å². The van der Waals surface area contributed by atoms with E-state index in [0.29, 0.717) is 11.4 Å². The number of H-pyrrole nitrogens is 1. The molecule has 7 heteroatoms. The van der Waals surface area contributed by atoms with Crippen molar-refractivity contribution in [2.45, 2.75) is 25.7 Å². The van der Waals surface area contributed by atoms with Gasteiger partial charge in [0, 0.05) is 30.7 Å². The van der Waals surface area contributed by atoms with Crippen LogP contribution in [0.25, 0.3) is 11.0 Å². The highest BCUT2D eigenvalue weighted by molar-refractivity contribution is 5.74. The van der Waals surface area contributed by atoms with Gasteiger partial charge in [-0.15, -0.1) is 0 Å². The summed E-state index contributed by atoms with van der Waals surface area (Å²) < 4.78 is 0. The summed E-state index contributed by atoms with van der Waals surface area (Å²) in [5.74, 6) is 0.576.